The molecule has 0 saturated carbocycles. The van der Waals surface area contributed by atoms with Gasteiger partial charge in [0.1, 0.15) is 0 Å². The smallest absolute Gasteiger partial charge is 0.0670 e. The summed E-state index contributed by atoms with van der Waals surface area (Å²) in [6.07, 6.45) is 2.41. The van der Waals surface area contributed by atoms with Gasteiger partial charge in [0.05, 0.1) is 8.80 Å². The summed E-state index contributed by atoms with van der Waals surface area (Å²) in [6.45, 7) is 6.87. The number of nitrogens with one attached hydrogen (secondary N) is 1. The molecular formula is C7H19NSSi. The summed E-state index contributed by atoms with van der Waals surface area (Å²) < 4.78 is 0.175. The molecule has 1 atom stereocenters. The van der Waals surface area contributed by atoms with Gasteiger partial charge in [0.2, 0.25) is 0 Å². The van der Waals surface area contributed by atoms with Crippen LogP contribution in [0.5, 0.6) is 0 Å². The van der Waals surface area contributed by atoms with Crippen molar-refractivity contribution in [1.29, 1.82) is 0 Å². The molecule has 0 aromatic carbocycles. The van der Waals surface area contributed by atoms with Gasteiger partial charge in [-0.25, -0.2) is 0 Å². The summed E-state index contributed by atoms with van der Waals surface area (Å²) in [7, 11) is 1.34. The molecule has 0 amide bonds. The van der Waals surface area contributed by atoms with E-state index in [1.807, 2.05) is 7.05 Å². The van der Waals surface area contributed by atoms with Crippen LogP contribution in [-0.2, 0) is 0 Å². The first-order valence-electron chi connectivity index (χ1n) is 3.98. The van der Waals surface area contributed by atoms with Crippen molar-refractivity contribution in [2.75, 3.05) is 7.05 Å². The van der Waals surface area contributed by atoms with Gasteiger partial charge >= 0.3 is 0 Å². The standard InChI is InChI=1S/C7H19NSSi/c1-5-6-7(9,8-2)10(3)4/h8-10H,5-6H2,1-4H3. The third-order valence-electron chi connectivity index (χ3n) is 2.02. The van der Waals surface area contributed by atoms with E-state index in [0.29, 0.717) is 0 Å². The van der Waals surface area contributed by atoms with Crippen LogP contribution in [0.1, 0.15) is 19.8 Å². The first-order chi connectivity index (χ1) is 4.56. The molecule has 0 saturated heterocycles. The molecule has 0 radical (unpaired) electrons. The number of hydrogen-bond acceptors (Lipinski definition) is 2. The van der Waals surface area contributed by atoms with Gasteiger partial charge in [-0.3, -0.25) is 0 Å². The third kappa shape index (κ3) is 2.64. The largest absolute Gasteiger partial charge is 0.309 e. The second-order valence-electron chi connectivity index (χ2n) is 3.08. The lowest BCUT2D eigenvalue weighted by Crippen LogP contribution is -2.48. The lowest BCUT2D eigenvalue weighted by molar-refractivity contribution is 0.600. The molecular weight excluding hydrogens is 158 g/mol. The van der Waals surface area contributed by atoms with E-state index in [9.17, 15) is 0 Å². The summed E-state index contributed by atoms with van der Waals surface area (Å²) in [6, 6.07) is 0. The summed E-state index contributed by atoms with van der Waals surface area (Å²) in [5.41, 5.74) is 0. The molecule has 0 bridgehead atoms. The number of thiol groups is 1. The van der Waals surface area contributed by atoms with Crippen molar-refractivity contribution in [1.82, 2.24) is 5.32 Å². The summed E-state index contributed by atoms with van der Waals surface area (Å²) in [5, 5.41) is 3.30. The Balaban J connectivity index is 3.94. The van der Waals surface area contributed by atoms with Crippen molar-refractivity contribution in [3.63, 3.8) is 0 Å². The number of hydrogen-bond donors (Lipinski definition) is 2. The van der Waals surface area contributed by atoms with Crippen molar-refractivity contribution < 1.29 is 0 Å². The van der Waals surface area contributed by atoms with Crippen LogP contribution in [0.4, 0.5) is 0 Å². The second kappa shape index (κ2) is 4.41. The molecule has 0 heterocycles. The molecule has 1 nitrogen and oxygen atoms in total. The topological polar surface area (TPSA) is 12.0 Å². The fourth-order valence-corrected chi connectivity index (χ4v) is 2.75. The molecule has 0 aromatic heterocycles. The molecule has 0 aliphatic heterocycles. The molecule has 1 N–H and O–H groups in total. The third-order valence-corrected chi connectivity index (χ3v) is 6.50. The molecule has 0 aliphatic carbocycles. The minimum atomic E-state index is -0.665. The van der Waals surface area contributed by atoms with Gasteiger partial charge < -0.3 is 5.32 Å². The van der Waals surface area contributed by atoms with Gasteiger partial charge in [0.25, 0.3) is 0 Å². The maximum atomic E-state index is 4.64. The van der Waals surface area contributed by atoms with Crippen molar-refractivity contribution in [2.45, 2.75) is 37.4 Å². The average molecular weight is 177 g/mol. The fourth-order valence-electron chi connectivity index (χ4n) is 1.08. The van der Waals surface area contributed by atoms with Crippen molar-refractivity contribution in [3.8, 4) is 0 Å². The maximum absolute atomic E-state index is 4.64. The summed E-state index contributed by atoms with van der Waals surface area (Å²) in [4.78, 5) is 0. The lowest BCUT2D eigenvalue weighted by atomic mass is 10.3. The Morgan fingerprint density at radius 1 is 1.50 bits per heavy atom. The van der Waals surface area contributed by atoms with Gasteiger partial charge in [-0.2, -0.15) is 12.6 Å². The minimum Gasteiger partial charge on any atom is -0.309 e. The molecule has 10 heavy (non-hydrogen) atoms. The van der Waals surface area contributed by atoms with E-state index in [1.165, 1.54) is 12.8 Å². The van der Waals surface area contributed by atoms with Crippen LogP contribution in [0.25, 0.3) is 0 Å². The molecule has 0 aromatic rings. The number of rotatable bonds is 4. The minimum absolute atomic E-state index is 0.175. The summed E-state index contributed by atoms with van der Waals surface area (Å²) in [5.74, 6) is 0. The Morgan fingerprint density at radius 2 is 2.00 bits per heavy atom. The zero-order valence-electron chi connectivity index (χ0n) is 7.44. The highest BCUT2D eigenvalue weighted by molar-refractivity contribution is 7.83. The molecule has 1 unspecified atom stereocenters. The highest BCUT2D eigenvalue weighted by atomic mass is 32.1. The Bertz CT molecular complexity index is 97.6. The fraction of sp³-hybridized carbons (Fsp3) is 1.00. The van der Waals surface area contributed by atoms with Crippen molar-refractivity contribution in [3.05, 3.63) is 0 Å². The first kappa shape index (κ1) is 10.5. The van der Waals surface area contributed by atoms with Crippen LogP contribution in [0, 0.1) is 0 Å². The van der Waals surface area contributed by atoms with Crippen molar-refractivity contribution >= 4 is 21.4 Å². The van der Waals surface area contributed by atoms with E-state index in [0.717, 1.165) is 0 Å². The molecule has 3 heteroatoms. The highest BCUT2D eigenvalue weighted by Crippen LogP contribution is 2.20. The van der Waals surface area contributed by atoms with Gasteiger partial charge in [-0.1, -0.05) is 26.4 Å². The van der Waals surface area contributed by atoms with Gasteiger partial charge in [-0.05, 0) is 13.5 Å². The zero-order valence-corrected chi connectivity index (χ0v) is 9.49. The van der Waals surface area contributed by atoms with Crippen LogP contribution in [0.2, 0.25) is 13.1 Å². The zero-order chi connectivity index (χ0) is 8.20. The molecule has 0 aliphatic rings. The van der Waals surface area contributed by atoms with Gasteiger partial charge in [0.15, 0.2) is 0 Å². The highest BCUT2D eigenvalue weighted by Gasteiger charge is 2.26. The normalized spacial score (nSPS) is 17.4. The molecule has 0 fully saturated rings. The Hall–Kier alpha value is 0.527. The first-order valence-corrected chi connectivity index (χ1v) is 7.31. The molecule has 62 valence electrons. The quantitative estimate of drug-likeness (QED) is 0.378. The Morgan fingerprint density at radius 3 is 2.10 bits per heavy atom. The predicted octanol–water partition coefficient (Wildman–Crippen LogP) is 1.66. The average Bonchev–Trinajstić information content (AvgIpc) is 1.88. The van der Waals surface area contributed by atoms with Gasteiger partial charge in [0, 0.05) is 4.49 Å². The Kier molecular flexibility index (Phi) is 4.65. The van der Waals surface area contributed by atoms with E-state index in [1.54, 1.807) is 0 Å². The molecule has 0 spiro atoms. The Labute approximate surface area is 71.6 Å². The van der Waals surface area contributed by atoms with Gasteiger partial charge in [-0.15, -0.1) is 0 Å². The van der Waals surface area contributed by atoms with E-state index in [4.69, 9.17) is 0 Å². The van der Waals surface area contributed by atoms with Crippen LogP contribution < -0.4 is 5.32 Å². The van der Waals surface area contributed by atoms with E-state index in [-0.39, 0.29) is 4.49 Å². The van der Waals surface area contributed by atoms with Crippen LogP contribution in [-0.4, -0.2) is 20.3 Å². The van der Waals surface area contributed by atoms with E-state index in [2.05, 4.69) is 38.0 Å². The van der Waals surface area contributed by atoms with Crippen molar-refractivity contribution in [2.24, 2.45) is 0 Å². The van der Waals surface area contributed by atoms with E-state index < -0.39 is 8.80 Å². The maximum Gasteiger partial charge on any atom is 0.0670 e. The SMILES string of the molecule is CCCC(S)(NC)[SiH](C)C. The van der Waals surface area contributed by atoms with E-state index >= 15 is 0 Å². The molecule has 0 rings (SSSR count). The predicted molar refractivity (Wildman–Crippen MR) is 54.6 cm³/mol. The lowest BCUT2D eigenvalue weighted by Gasteiger charge is -2.31. The van der Waals surface area contributed by atoms with Crippen LogP contribution in [0.15, 0.2) is 0 Å². The summed E-state index contributed by atoms with van der Waals surface area (Å²) >= 11 is 4.64. The van der Waals surface area contributed by atoms with Crippen LogP contribution in [0.3, 0.4) is 0 Å². The monoisotopic (exact) mass is 177 g/mol. The van der Waals surface area contributed by atoms with Crippen LogP contribution >= 0.6 is 12.6 Å². The second-order valence-corrected chi connectivity index (χ2v) is 7.66.